The standard InChI is InChI=1S/C17H23N5O/c1-12(2)22-17(14-6-9-21(10-7-14)13(3)23)19-16(20-22)15-5-4-8-18-11-15/h4-5,8,11-12,14H,6-7,9-10H2,1-3H3. The maximum Gasteiger partial charge on any atom is 0.219 e. The van der Waals surface area contributed by atoms with Crippen molar-refractivity contribution in [2.24, 2.45) is 0 Å². The Morgan fingerprint density at radius 3 is 2.61 bits per heavy atom. The predicted molar refractivity (Wildman–Crippen MR) is 87.9 cm³/mol. The van der Waals surface area contributed by atoms with E-state index >= 15 is 0 Å². The zero-order valence-corrected chi connectivity index (χ0v) is 13.9. The van der Waals surface area contributed by atoms with Crippen molar-refractivity contribution in [2.45, 2.75) is 45.6 Å². The smallest absolute Gasteiger partial charge is 0.219 e. The van der Waals surface area contributed by atoms with Crippen LogP contribution in [-0.2, 0) is 4.79 Å². The lowest BCUT2D eigenvalue weighted by Crippen LogP contribution is -2.37. The number of carbonyl (C=O) groups excluding carboxylic acids is 1. The van der Waals surface area contributed by atoms with Crippen LogP contribution in [-0.4, -0.2) is 43.6 Å². The van der Waals surface area contributed by atoms with Crippen LogP contribution in [0.1, 0.15) is 51.4 Å². The van der Waals surface area contributed by atoms with E-state index in [9.17, 15) is 4.79 Å². The molecule has 1 fully saturated rings. The van der Waals surface area contributed by atoms with Crippen molar-refractivity contribution in [1.82, 2.24) is 24.6 Å². The fraction of sp³-hybridized carbons (Fsp3) is 0.529. The molecule has 2 aromatic rings. The zero-order chi connectivity index (χ0) is 16.4. The summed E-state index contributed by atoms with van der Waals surface area (Å²) in [6, 6.07) is 4.14. The van der Waals surface area contributed by atoms with Gasteiger partial charge in [0, 0.05) is 49.9 Å². The molecule has 0 N–H and O–H groups in total. The highest BCUT2D eigenvalue weighted by atomic mass is 16.2. The van der Waals surface area contributed by atoms with Gasteiger partial charge in [0.15, 0.2) is 5.82 Å². The quantitative estimate of drug-likeness (QED) is 0.874. The zero-order valence-electron chi connectivity index (χ0n) is 13.9. The van der Waals surface area contributed by atoms with Crippen LogP contribution >= 0.6 is 0 Å². The number of likely N-dealkylation sites (tertiary alicyclic amines) is 1. The van der Waals surface area contributed by atoms with Crippen LogP contribution in [0.3, 0.4) is 0 Å². The van der Waals surface area contributed by atoms with Gasteiger partial charge in [0.25, 0.3) is 0 Å². The van der Waals surface area contributed by atoms with Gasteiger partial charge in [-0.15, -0.1) is 0 Å². The third-order valence-electron chi connectivity index (χ3n) is 4.37. The summed E-state index contributed by atoms with van der Waals surface area (Å²) in [6.07, 6.45) is 5.43. The number of amides is 1. The Morgan fingerprint density at radius 2 is 2.04 bits per heavy atom. The maximum absolute atomic E-state index is 11.5. The minimum absolute atomic E-state index is 0.157. The van der Waals surface area contributed by atoms with Crippen molar-refractivity contribution < 1.29 is 4.79 Å². The van der Waals surface area contributed by atoms with Gasteiger partial charge in [0.2, 0.25) is 5.91 Å². The number of hydrogen-bond donors (Lipinski definition) is 0. The lowest BCUT2D eigenvalue weighted by atomic mass is 9.95. The molecule has 0 unspecified atom stereocenters. The number of hydrogen-bond acceptors (Lipinski definition) is 4. The minimum atomic E-state index is 0.157. The van der Waals surface area contributed by atoms with Crippen molar-refractivity contribution in [1.29, 1.82) is 0 Å². The van der Waals surface area contributed by atoms with Crippen LogP contribution < -0.4 is 0 Å². The van der Waals surface area contributed by atoms with Crippen molar-refractivity contribution >= 4 is 5.91 Å². The van der Waals surface area contributed by atoms with E-state index in [-0.39, 0.29) is 11.9 Å². The first-order valence-corrected chi connectivity index (χ1v) is 8.18. The number of nitrogens with zero attached hydrogens (tertiary/aromatic N) is 5. The van der Waals surface area contributed by atoms with Crippen molar-refractivity contribution in [3.8, 4) is 11.4 Å². The van der Waals surface area contributed by atoms with Crippen LogP contribution in [0.4, 0.5) is 0 Å². The van der Waals surface area contributed by atoms with Crippen LogP contribution in [0.2, 0.25) is 0 Å². The second-order valence-electron chi connectivity index (χ2n) is 6.35. The van der Waals surface area contributed by atoms with Crippen LogP contribution in [0.5, 0.6) is 0 Å². The summed E-state index contributed by atoms with van der Waals surface area (Å²) in [5.74, 6) is 2.27. The van der Waals surface area contributed by atoms with E-state index in [4.69, 9.17) is 10.1 Å². The van der Waals surface area contributed by atoms with Crippen molar-refractivity contribution in [3.05, 3.63) is 30.4 Å². The van der Waals surface area contributed by atoms with Gasteiger partial charge >= 0.3 is 0 Å². The van der Waals surface area contributed by atoms with Crippen molar-refractivity contribution in [2.75, 3.05) is 13.1 Å². The summed E-state index contributed by atoms with van der Waals surface area (Å²) in [4.78, 5) is 22.4. The highest BCUT2D eigenvalue weighted by Gasteiger charge is 2.27. The molecule has 23 heavy (non-hydrogen) atoms. The minimum Gasteiger partial charge on any atom is -0.343 e. The Kier molecular flexibility index (Phi) is 4.41. The third kappa shape index (κ3) is 3.25. The van der Waals surface area contributed by atoms with Gasteiger partial charge in [-0.25, -0.2) is 9.67 Å². The molecule has 0 atom stereocenters. The number of carbonyl (C=O) groups is 1. The lowest BCUT2D eigenvalue weighted by Gasteiger charge is -2.31. The molecule has 1 aliphatic heterocycles. The summed E-state index contributed by atoms with van der Waals surface area (Å²) < 4.78 is 2.02. The molecule has 122 valence electrons. The van der Waals surface area contributed by atoms with Gasteiger partial charge in [-0.1, -0.05) is 0 Å². The molecule has 0 bridgehead atoms. The predicted octanol–water partition coefficient (Wildman–Crippen LogP) is 2.65. The maximum atomic E-state index is 11.5. The first-order valence-electron chi connectivity index (χ1n) is 8.18. The van der Waals surface area contributed by atoms with Crippen LogP contribution in [0.15, 0.2) is 24.5 Å². The summed E-state index contributed by atoms with van der Waals surface area (Å²) in [7, 11) is 0. The molecule has 1 aliphatic rings. The number of aromatic nitrogens is 4. The molecular weight excluding hydrogens is 290 g/mol. The summed E-state index contributed by atoms with van der Waals surface area (Å²) in [5.41, 5.74) is 0.939. The molecule has 0 aliphatic carbocycles. The number of piperidine rings is 1. The molecule has 0 saturated carbocycles. The van der Waals surface area contributed by atoms with E-state index in [0.717, 1.165) is 43.1 Å². The number of rotatable bonds is 3. The van der Waals surface area contributed by atoms with Gasteiger partial charge in [0.05, 0.1) is 0 Å². The molecule has 3 rings (SSSR count). The number of pyridine rings is 1. The van der Waals surface area contributed by atoms with Crippen molar-refractivity contribution in [3.63, 3.8) is 0 Å². The average molecular weight is 313 g/mol. The van der Waals surface area contributed by atoms with Gasteiger partial charge < -0.3 is 4.90 Å². The highest BCUT2D eigenvalue weighted by molar-refractivity contribution is 5.73. The molecule has 3 heterocycles. The van der Waals surface area contributed by atoms with Gasteiger partial charge in [-0.05, 0) is 38.8 Å². The summed E-state index contributed by atoms with van der Waals surface area (Å²) >= 11 is 0. The van der Waals surface area contributed by atoms with Gasteiger partial charge in [-0.2, -0.15) is 5.10 Å². The lowest BCUT2D eigenvalue weighted by molar-refractivity contribution is -0.129. The Balaban J connectivity index is 1.87. The van der Waals surface area contributed by atoms with Crippen LogP contribution in [0, 0.1) is 0 Å². The fourth-order valence-electron chi connectivity index (χ4n) is 3.06. The summed E-state index contributed by atoms with van der Waals surface area (Å²) in [5, 5.41) is 4.69. The normalized spacial score (nSPS) is 16.1. The Morgan fingerprint density at radius 1 is 1.30 bits per heavy atom. The largest absolute Gasteiger partial charge is 0.343 e. The third-order valence-corrected chi connectivity index (χ3v) is 4.37. The monoisotopic (exact) mass is 313 g/mol. The molecule has 2 aromatic heterocycles. The SMILES string of the molecule is CC(=O)N1CCC(c2nc(-c3cccnc3)nn2C(C)C)CC1. The first kappa shape index (κ1) is 15.6. The second-order valence-corrected chi connectivity index (χ2v) is 6.35. The first-order chi connectivity index (χ1) is 11.1. The van der Waals surface area contributed by atoms with E-state index < -0.39 is 0 Å². The molecule has 1 saturated heterocycles. The molecule has 0 spiro atoms. The highest BCUT2D eigenvalue weighted by Crippen LogP contribution is 2.30. The Hall–Kier alpha value is -2.24. The molecule has 1 amide bonds. The molecule has 6 nitrogen and oxygen atoms in total. The van der Waals surface area contributed by atoms with E-state index in [0.29, 0.717) is 5.92 Å². The van der Waals surface area contributed by atoms with Crippen LogP contribution in [0.25, 0.3) is 11.4 Å². The van der Waals surface area contributed by atoms with E-state index in [1.807, 2.05) is 21.7 Å². The van der Waals surface area contributed by atoms with E-state index in [2.05, 4.69) is 18.8 Å². The van der Waals surface area contributed by atoms with Gasteiger partial charge in [0.1, 0.15) is 5.82 Å². The molecule has 0 aromatic carbocycles. The van der Waals surface area contributed by atoms with E-state index in [1.165, 1.54) is 0 Å². The Labute approximate surface area is 136 Å². The Bertz CT molecular complexity index is 672. The summed E-state index contributed by atoms with van der Waals surface area (Å²) in [6.45, 7) is 7.48. The molecular formula is C17H23N5O. The second kappa shape index (κ2) is 6.48. The van der Waals surface area contributed by atoms with E-state index in [1.54, 1.807) is 19.3 Å². The molecule has 0 radical (unpaired) electrons. The molecule has 6 heteroatoms. The topological polar surface area (TPSA) is 63.9 Å². The fourth-order valence-corrected chi connectivity index (χ4v) is 3.06. The average Bonchev–Trinajstić information content (AvgIpc) is 3.01. The van der Waals surface area contributed by atoms with Gasteiger partial charge in [-0.3, -0.25) is 9.78 Å².